The summed E-state index contributed by atoms with van der Waals surface area (Å²) in [6.07, 6.45) is 8.19. The van der Waals surface area contributed by atoms with Crippen LogP contribution in [0.3, 0.4) is 0 Å². The highest BCUT2D eigenvalue weighted by Gasteiger charge is 2.41. The molecule has 0 fully saturated rings. The molecule has 0 amide bonds. The molecule has 1 heteroatoms. The molecule has 2 atom stereocenters. The van der Waals surface area contributed by atoms with Gasteiger partial charge in [0, 0.05) is 4.75 Å². The van der Waals surface area contributed by atoms with Crippen molar-refractivity contribution in [2.24, 2.45) is 11.3 Å². The fourth-order valence-electron chi connectivity index (χ4n) is 2.21. The number of rotatable bonds is 1. The van der Waals surface area contributed by atoms with Crippen LogP contribution in [0.25, 0.3) is 0 Å². The Morgan fingerprint density at radius 3 is 2.33 bits per heavy atom. The molecule has 0 aromatic carbocycles. The molecule has 70 valence electrons. The molecule has 0 saturated carbocycles. The summed E-state index contributed by atoms with van der Waals surface area (Å²) in [6.45, 7) is 9.40. The molecule has 0 heterocycles. The minimum Gasteiger partial charge on any atom is -0.154 e. The molecule has 0 bridgehead atoms. The third-order valence-corrected chi connectivity index (χ3v) is 4.30. The Labute approximate surface area is 80.8 Å². The van der Waals surface area contributed by atoms with E-state index in [2.05, 4.69) is 46.1 Å². The van der Waals surface area contributed by atoms with E-state index in [1.807, 2.05) is 11.8 Å². The quantitative estimate of drug-likeness (QED) is 0.560. The zero-order valence-corrected chi connectivity index (χ0v) is 9.66. The first-order valence-electron chi connectivity index (χ1n) is 4.63. The van der Waals surface area contributed by atoms with Gasteiger partial charge in [0.15, 0.2) is 0 Å². The van der Waals surface area contributed by atoms with Crippen LogP contribution in [0, 0.1) is 11.3 Å². The Balaban J connectivity index is 2.82. The second kappa shape index (κ2) is 3.10. The third kappa shape index (κ3) is 1.71. The molecule has 0 aromatic rings. The summed E-state index contributed by atoms with van der Waals surface area (Å²) in [7, 11) is 0. The average molecular weight is 184 g/mol. The molecule has 0 N–H and O–H groups in total. The monoisotopic (exact) mass is 184 g/mol. The highest BCUT2D eigenvalue weighted by Crippen LogP contribution is 2.48. The largest absolute Gasteiger partial charge is 0.154 e. The van der Waals surface area contributed by atoms with E-state index in [4.69, 9.17) is 0 Å². The SMILES string of the molecule is CSC1(C)C=CCC1C(C)(C)C. The van der Waals surface area contributed by atoms with Gasteiger partial charge in [0.25, 0.3) is 0 Å². The molecule has 0 aromatic heterocycles. The van der Waals surface area contributed by atoms with Crippen LogP contribution in [-0.2, 0) is 0 Å². The van der Waals surface area contributed by atoms with Crippen molar-refractivity contribution in [1.82, 2.24) is 0 Å². The Morgan fingerprint density at radius 2 is 2.00 bits per heavy atom. The van der Waals surface area contributed by atoms with Gasteiger partial charge in [-0.25, -0.2) is 0 Å². The molecule has 0 saturated heterocycles. The molecule has 12 heavy (non-hydrogen) atoms. The second-order valence-corrected chi connectivity index (χ2v) is 6.23. The third-order valence-electron chi connectivity index (χ3n) is 3.00. The van der Waals surface area contributed by atoms with E-state index in [0.717, 1.165) is 5.92 Å². The van der Waals surface area contributed by atoms with Crippen molar-refractivity contribution < 1.29 is 0 Å². The normalized spacial score (nSPS) is 35.9. The molecule has 0 nitrogen and oxygen atoms in total. The fraction of sp³-hybridized carbons (Fsp3) is 0.818. The van der Waals surface area contributed by atoms with Crippen LogP contribution in [0.4, 0.5) is 0 Å². The minimum absolute atomic E-state index is 0.373. The molecule has 1 aliphatic rings. The van der Waals surface area contributed by atoms with Crippen molar-refractivity contribution in [2.75, 3.05) is 6.26 Å². The standard InChI is InChI=1S/C11H20S/c1-10(2,3)9-7-6-8-11(9,4)12-5/h6,8-9H,7H2,1-5H3. The van der Waals surface area contributed by atoms with Gasteiger partial charge in [-0.1, -0.05) is 32.9 Å². The Hall–Kier alpha value is 0.0900. The predicted octanol–water partition coefficient (Wildman–Crippen LogP) is 3.73. The van der Waals surface area contributed by atoms with Crippen LogP contribution in [0.2, 0.25) is 0 Å². The first-order chi connectivity index (χ1) is 5.40. The van der Waals surface area contributed by atoms with Crippen LogP contribution in [0.5, 0.6) is 0 Å². The zero-order chi connectivity index (χ0) is 9.41. The number of hydrogen-bond donors (Lipinski definition) is 0. The second-order valence-electron chi connectivity index (χ2n) is 4.94. The van der Waals surface area contributed by atoms with E-state index in [0.29, 0.717) is 10.2 Å². The summed E-state index contributed by atoms with van der Waals surface area (Å²) >= 11 is 1.98. The maximum Gasteiger partial charge on any atom is 0.0344 e. The van der Waals surface area contributed by atoms with Crippen molar-refractivity contribution >= 4 is 11.8 Å². The van der Waals surface area contributed by atoms with Crippen molar-refractivity contribution in [2.45, 2.75) is 38.9 Å². The summed E-state index contributed by atoms with van der Waals surface area (Å²) in [6, 6.07) is 0. The fourth-order valence-corrected chi connectivity index (χ4v) is 3.18. The summed E-state index contributed by atoms with van der Waals surface area (Å²) < 4.78 is 0.373. The number of thioether (sulfide) groups is 1. The summed E-state index contributed by atoms with van der Waals surface area (Å²) in [5.74, 6) is 0.792. The van der Waals surface area contributed by atoms with Crippen molar-refractivity contribution in [3.05, 3.63) is 12.2 Å². The topological polar surface area (TPSA) is 0 Å². The Morgan fingerprint density at radius 1 is 1.42 bits per heavy atom. The summed E-state index contributed by atoms with van der Waals surface area (Å²) in [4.78, 5) is 0. The lowest BCUT2D eigenvalue weighted by Gasteiger charge is -2.38. The Bertz CT molecular complexity index is 188. The lowest BCUT2D eigenvalue weighted by Crippen LogP contribution is -2.34. The first-order valence-corrected chi connectivity index (χ1v) is 5.85. The van der Waals surface area contributed by atoms with Crippen LogP contribution < -0.4 is 0 Å². The van der Waals surface area contributed by atoms with Gasteiger partial charge in [0.05, 0.1) is 0 Å². The molecule has 1 aliphatic carbocycles. The van der Waals surface area contributed by atoms with Gasteiger partial charge in [-0.3, -0.25) is 0 Å². The van der Waals surface area contributed by atoms with Crippen LogP contribution in [-0.4, -0.2) is 11.0 Å². The van der Waals surface area contributed by atoms with Gasteiger partial charge >= 0.3 is 0 Å². The van der Waals surface area contributed by atoms with Crippen LogP contribution in [0.15, 0.2) is 12.2 Å². The molecule has 2 unspecified atom stereocenters. The van der Waals surface area contributed by atoms with E-state index in [9.17, 15) is 0 Å². The highest BCUT2D eigenvalue weighted by molar-refractivity contribution is 8.00. The van der Waals surface area contributed by atoms with Crippen molar-refractivity contribution in [3.63, 3.8) is 0 Å². The highest BCUT2D eigenvalue weighted by atomic mass is 32.2. The maximum absolute atomic E-state index is 2.38. The smallest absolute Gasteiger partial charge is 0.0344 e. The summed E-state index contributed by atoms with van der Waals surface area (Å²) in [5, 5.41) is 0. The molecular formula is C11H20S. The van der Waals surface area contributed by atoms with E-state index < -0.39 is 0 Å². The number of allylic oxidation sites excluding steroid dienone is 1. The Kier molecular flexibility index (Phi) is 2.63. The zero-order valence-electron chi connectivity index (χ0n) is 8.85. The molecule has 0 spiro atoms. The average Bonchev–Trinajstić information content (AvgIpc) is 2.31. The van der Waals surface area contributed by atoms with E-state index in [-0.39, 0.29) is 0 Å². The molecule has 1 rings (SSSR count). The first kappa shape index (κ1) is 10.2. The lowest BCUT2D eigenvalue weighted by atomic mass is 9.74. The van der Waals surface area contributed by atoms with Gasteiger partial charge < -0.3 is 0 Å². The van der Waals surface area contributed by atoms with Gasteiger partial charge in [0.1, 0.15) is 0 Å². The van der Waals surface area contributed by atoms with Crippen LogP contribution in [0.1, 0.15) is 34.1 Å². The van der Waals surface area contributed by atoms with Crippen LogP contribution >= 0.6 is 11.8 Å². The number of hydrogen-bond acceptors (Lipinski definition) is 1. The minimum atomic E-state index is 0.373. The van der Waals surface area contributed by atoms with E-state index in [1.165, 1.54) is 6.42 Å². The molecule has 0 radical (unpaired) electrons. The van der Waals surface area contributed by atoms with Gasteiger partial charge in [0.2, 0.25) is 0 Å². The lowest BCUT2D eigenvalue weighted by molar-refractivity contribution is 0.225. The predicted molar refractivity (Wildman–Crippen MR) is 58.6 cm³/mol. The van der Waals surface area contributed by atoms with Gasteiger partial charge in [-0.05, 0) is 30.9 Å². The van der Waals surface area contributed by atoms with Gasteiger partial charge in [-0.2, -0.15) is 11.8 Å². The molecular weight excluding hydrogens is 164 g/mol. The van der Waals surface area contributed by atoms with E-state index in [1.54, 1.807) is 0 Å². The van der Waals surface area contributed by atoms with Crippen molar-refractivity contribution in [3.8, 4) is 0 Å². The van der Waals surface area contributed by atoms with Gasteiger partial charge in [-0.15, -0.1) is 0 Å². The molecule has 0 aliphatic heterocycles. The van der Waals surface area contributed by atoms with E-state index >= 15 is 0 Å². The maximum atomic E-state index is 2.38. The summed E-state index contributed by atoms with van der Waals surface area (Å²) in [5.41, 5.74) is 0.432. The van der Waals surface area contributed by atoms with Crippen molar-refractivity contribution in [1.29, 1.82) is 0 Å².